The lowest BCUT2D eigenvalue weighted by Gasteiger charge is -2.32. The average molecular weight is 443 g/mol. The van der Waals surface area contributed by atoms with Crippen LogP contribution in [0.4, 0.5) is 5.69 Å². The number of sulfonamides is 1. The molecule has 0 fully saturated rings. The molecule has 1 unspecified atom stereocenters. The summed E-state index contributed by atoms with van der Waals surface area (Å²) in [5.74, 6) is 0.347. The van der Waals surface area contributed by atoms with Crippen LogP contribution in [0.2, 0.25) is 0 Å². The number of benzene rings is 2. The fourth-order valence-corrected chi connectivity index (χ4v) is 4.50. The zero-order valence-electron chi connectivity index (χ0n) is 18.0. The first kappa shape index (κ1) is 22.5. The maximum absolute atomic E-state index is 13.2. The normalized spacial score (nSPS) is 12.4. The van der Waals surface area contributed by atoms with E-state index in [-0.39, 0.29) is 18.3 Å². The van der Waals surface area contributed by atoms with Crippen molar-refractivity contribution >= 4 is 21.6 Å². The van der Waals surface area contributed by atoms with Crippen molar-refractivity contribution in [1.29, 1.82) is 0 Å². The van der Waals surface area contributed by atoms with Gasteiger partial charge >= 0.3 is 0 Å². The topological polar surface area (TPSA) is 96.6 Å². The number of nitrogens with zero attached hydrogens (tertiary/aromatic N) is 4. The Labute approximate surface area is 182 Å². The number of carbonyl (C=O) groups is 1. The molecule has 0 aliphatic carbocycles. The molecular formula is C22H26N4O4S. The maximum Gasteiger partial charge on any atom is 0.246 e. The van der Waals surface area contributed by atoms with Gasteiger partial charge in [0, 0.05) is 12.6 Å². The molecule has 1 aromatic heterocycles. The number of anilines is 1. The van der Waals surface area contributed by atoms with Gasteiger partial charge in [-0.05, 0) is 25.5 Å². The Hall–Kier alpha value is -3.20. The van der Waals surface area contributed by atoms with Crippen molar-refractivity contribution in [2.75, 3.05) is 17.6 Å². The van der Waals surface area contributed by atoms with Gasteiger partial charge in [0.05, 0.1) is 18.5 Å². The molecule has 8 nitrogen and oxygen atoms in total. The van der Waals surface area contributed by atoms with Crippen molar-refractivity contribution in [3.63, 3.8) is 0 Å². The number of hydrogen-bond acceptors (Lipinski definition) is 6. The van der Waals surface area contributed by atoms with Crippen LogP contribution in [0.5, 0.6) is 0 Å². The van der Waals surface area contributed by atoms with Crippen LogP contribution < -0.4 is 4.31 Å². The van der Waals surface area contributed by atoms with Crippen molar-refractivity contribution in [2.24, 2.45) is 0 Å². The summed E-state index contributed by atoms with van der Waals surface area (Å²) in [5.41, 5.74) is 2.26. The highest BCUT2D eigenvalue weighted by Crippen LogP contribution is 2.24. The minimum atomic E-state index is -3.69. The molecule has 2 aromatic carbocycles. The third-order valence-electron chi connectivity index (χ3n) is 4.85. The lowest BCUT2D eigenvalue weighted by molar-refractivity contribution is -0.132. The lowest BCUT2D eigenvalue weighted by atomic mass is 10.1. The van der Waals surface area contributed by atoms with E-state index in [1.165, 1.54) is 9.21 Å². The van der Waals surface area contributed by atoms with Crippen LogP contribution in [0.3, 0.4) is 0 Å². The van der Waals surface area contributed by atoms with E-state index >= 15 is 0 Å². The van der Waals surface area contributed by atoms with Gasteiger partial charge < -0.3 is 9.42 Å². The maximum atomic E-state index is 13.2. The second kappa shape index (κ2) is 9.30. The zero-order valence-corrected chi connectivity index (χ0v) is 18.8. The largest absolute Gasteiger partial charge is 0.337 e. The highest BCUT2D eigenvalue weighted by molar-refractivity contribution is 7.92. The summed E-state index contributed by atoms with van der Waals surface area (Å²) in [6.07, 6.45) is 1.41. The van der Waals surface area contributed by atoms with E-state index in [4.69, 9.17) is 4.52 Å². The second-order valence-corrected chi connectivity index (χ2v) is 9.25. The molecule has 0 bridgehead atoms. The Bertz CT molecular complexity index is 1130. The van der Waals surface area contributed by atoms with Crippen molar-refractivity contribution < 1.29 is 17.7 Å². The van der Waals surface area contributed by atoms with Crippen LogP contribution >= 0.6 is 0 Å². The number of aryl methyl sites for hydroxylation is 1. The Morgan fingerprint density at radius 3 is 2.32 bits per heavy atom. The molecule has 0 aliphatic rings. The minimum absolute atomic E-state index is 0.0701. The lowest BCUT2D eigenvalue weighted by Crippen LogP contribution is -2.49. The van der Waals surface area contributed by atoms with Gasteiger partial charge in [-0.3, -0.25) is 9.10 Å². The van der Waals surface area contributed by atoms with Crippen molar-refractivity contribution in [3.8, 4) is 11.4 Å². The molecule has 1 amide bonds. The van der Waals surface area contributed by atoms with Gasteiger partial charge in [-0.25, -0.2) is 8.42 Å². The predicted molar refractivity (Wildman–Crippen MR) is 119 cm³/mol. The summed E-state index contributed by atoms with van der Waals surface area (Å²) in [7, 11) is -2.10. The van der Waals surface area contributed by atoms with Crippen LogP contribution in [0.1, 0.15) is 24.8 Å². The van der Waals surface area contributed by atoms with Gasteiger partial charge in [-0.2, -0.15) is 4.98 Å². The third kappa shape index (κ3) is 5.29. The van der Waals surface area contributed by atoms with E-state index in [2.05, 4.69) is 10.1 Å². The molecule has 0 N–H and O–H groups in total. The van der Waals surface area contributed by atoms with E-state index in [9.17, 15) is 13.2 Å². The summed E-state index contributed by atoms with van der Waals surface area (Å²) < 4.78 is 31.6. The van der Waals surface area contributed by atoms with Gasteiger partial charge in [0.2, 0.25) is 27.6 Å². The first-order chi connectivity index (χ1) is 14.7. The molecule has 1 atom stereocenters. The molecule has 0 saturated carbocycles. The molecular weight excluding hydrogens is 416 g/mol. The van der Waals surface area contributed by atoms with Crippen LogP contribution in [-0.2, 0) is 21.4 Å². The van der Waals surface area contributed by atoms with Crippen LogP contribution in [0.15, 0.2) is 59.1 Å². The van der Waals surface area contributed by atoms with Gasteiger partial charge in [0.25, 0.3) is 0 Å². The van der Waals surface area contributed by atoms with Gasteiger partial charge in [0.15, 0.2) is 0 Å². The first-order valence-corrected chi connectivity index (χ1v) is 11.7. The third-order valence-corrected chi connectivity index (χ3v) is 6.03. The van der Waals surface area contributed by atoms with E-state index < -0.39 is 16.1 Å². The highest BCUT2D eigenvalue weighted by Gasteiger charge is 2.33. The SMILES string of the molecule is CCC(C(=O)N(C)Cc1nc(-c2ccccc2)no1)N(c1ccc(C)cc1)S(C)(=O)=O. The first-order valence-electron chi connectivity index (χ1n) is 9.89. The summed E-state index contributed by atoms with van der Waals surface area (Å²) in [6, 6.07) is 15.5. The summed E-state index contributed by atoms with van der Waals surface area (Å²) in [6.45, 7) is 3.77. The number of likely N-dealkylation sites (N-methyl/N-ethyl adjacent to an activating group) is 1. The Morgan fingerprint density at radius 1 is 1.10 bits per heavy atom. The Morgan fingerprint density at radius 2 is 1.74 bits per heavy atom. The number of rotatable bonds is 8. The van der Waals surface area contributed by atoms with Crippen LogP contribution in [0, 0.1) is 6.92 Å². The van der Waals surface area contributed by atoms with Crippen LogP contribution in [-0.4, -0.2) is 48.7 Å². The fraction of sp³-hybridized carbons (Fsp3) is 0.318. The smallest absolute Gasteiger partial charge is 0.246 e. The summed E-state index contributed by atoms with van der Waals surface area (Å²) in [5, 5.41) is 3.96. The minimum Gasteiger partial charge on any atom is -0.337 e. The van der Waals surface area contributed by atoms with Crippen LogP contribution in [0.25, 0.3) is 11.4 Å². The van der Waals surface area contributed by atoms with Gasteiger partial charge in [0.1, 0.15) is 6.04 Å². The quantitative estimate of drug-likeness (QED) is 0.531. The monoisotopic (exact) mass is 442 g/mol. The molecule has 3 rings (SSSR count). The molecule has 0 spiro atoms. The number of aromatic nitrogens is 2. The van der Waals surface area contributed by atoms with E-state index in [0.29, 0.717) is 17.9 Å². The van der Waals surface area contributed by atoms with Crippen molar-refractivity contribution in [1.82, 2.24) is 15.0 Å². The number of carbonyl (C=O) groups excluding carboxylic acids is 1. The second-order valence-electron chi connectivity index (χ2n) is 7.39. The molecule has 0 aliphatic heterocycles. The number of amides is 1. The average Bonchev–Trinajstić information content (AvgIpc) is 3.20. The fourth-order valence-electron chi connectivity index (χ4n) is 3.29. The molecule has 164 valence electrons. The molecule has 0 radical (unpaired) electrons. The molecule has 9 heteroatoms. The molecule has 1 heterocycles. The van der Waals surface area contributed by atoms with Gasteiger partial charge in [-0.1, -0.05) is 60.1 Å². The Balaban J connectivity index is 1.81. The predicted octanol–water partition coefficient (Wildman–Crippen LogP) is 3.25. The molecule has 3 aromatic rings. The van der Waals surface area contributed by atoms with Gasteiger partial charge in [-0.15, -0.1) is 0 Å². The number of hydrogen-bond donors (Lipinski definition) is 0. The molecule has 0 saturated heterocycles. The highest BCUT2D eigenvalue weighted by atomic mass is 32.2. The van der Waals surface area contributed by atoms with Crippen molar-refractivity contribution in [3.05, 3.63) is 66.1 Å². The van der Waals surface area contributed by atoms with E-state index in [1.807, 2.05) is 49.4 Å². The summed E-state index contributed by atoms with van der Waals surface area (Å²) in [4.78, 5) is 19.0. The zero-order chi connectivity index (χ0) is 22.6. The van der Waals surface area contributed by atoms with E-state index in [1.54, 1.807) is 26.1 Å². The van der Waals surface area contributed by atoms with E-state index in [0.717, 1.165) is 17.4 Å². The summed E-state index contributed by atoms with van der Waals surface area (Å²) >= 11 is 0. The molecule has 31 heavy (non-hydrogen) atoms. The van der Waals surface area contributed by atoms with Crippen molar-refractivity contribution in [2.45, 2.75) is 32.9 Å². The Kier molecular flexibility index (Phi) is 6.74. The standard InChI is InChI=1S/C22H26N4O4S/c1-5-19(26(31(4,28)29)18-13-11-16(2)12-14-18)22(27)25(3)15-20-23-21(24-30-20)17-9-7-6-8-10-17/h6-14,19H,5,15H2,1-4H3.